The monoisotopic (exact) mass is 249 g/mol. The summed E-state index contributed by atoms with van der Waals surface area (Å²) in [6.45, 7) is 4.73. The molecule has 0 aliphatic carbocycles. The van der Waals surface area contributed by atoms with E-state index in [0.29, 0.717) is 25.2 Å². The maximum absolute atomic E-state index is 5.64. The molecular weight excluding hydrogens is 230 g/mol. The van der Waals surface area contributed by atoms with Crippen LogP contribution in [0.4, 0.5) is 5.69 Å². The molecule has 0 radical (unpaired) electrons. The Balaban J connectivity index is 1.74. The molecule has 98 valence electrons. The molecule has 4 heteroatoms. The Kier molecular flexibility index (Phi) is 3.14. The number of hydrogen-bond donors (Lipinski definition) is 0. The molecule has 2 aliphatic rings. The van der Waals surface area contributed by atoms with Gasteiger partial charge in [0.05, 0.1) is 26.4 Å². The fourth-order valence-corrected chi connectivity index (χ4v) is 2.75. The minimum absolute atomic E-state index is 0.0733. The van der Waals surface area contributed by atoms with Crippen molar-refractivity contribution < 1.29 is 14.2 Å². The van der Waals surface area contributed by atoms with E-state index in [-0.39, 0.29) is 6.29 Å². The van der Waals surface area contributed by atoms with Gasteiger partial charge in [-0.2, -0.15) is 0 Å². The molecule has 0 N–H and O–H groups in total. The van der Waals surface area contributed by atoms with Crippen LogP contribution in [-0.2, 0) is 9.47 Å². The van der Waals surface area contributed by atoms with E-state index in [0.717, 1.165) is 12.3 Å². The molecule has 3 rings (SSSR count). The lowest BCUT2D eigenvalue weighted by molar-refractivity contribution is -0.0852. The molecule has 0 aromatic heterocycles. The van der Waals surface area contributed by atoms with Crippen LogP contribution in [0.5, 0.6) is 5.75 Å². The van der Waals surface area contributed by atoms with Gasteiger partial charge in [0.2, 0.25) is 0 Å². The average molecular weight is 249 g/mol. The van der Waals surface area contributed by atoms with Crippen molar-refractivity contribution in [1.29, 1.82) is 0 Å². The highest BCUT2D eigenvalue weighted by atomic mass is 16.7. The van der Waals surface area contributed by atoms with E-state index >= 15 is 0 Å². The molecular formula is C14H19NO3. The van der Waals surface area contributed by atoms with Gasteiger partial charge >= 0.3 is 0 Å². The van der Waals surface area contributed by atoms with Gasteiger partial charge in [-0.25, -0.2) is 0 Å². The van der Waals surface area contributed by atoms with Crippen molar-refractivity contribution in [2.24, 2.45) is 5.92 Å². The van der Waals surface area contributed by atoms with Crippen molar-refractivity contribution in [2.45, 2.75) is 19.3 Å². The predicted octanol–water partition coefficient (Wildman–Crippen LogP) is 1.89. The first-order valence-electron chi connectivity index (χ1n) is 6.43. The van der Waals surface area contributed by atoms with Crippen molar-refractivity contribution >= 4 is 5.69 Å². The molecule has 0 saturated carbocycles. The van der Waals surface area contributed by atoms with Gasteiger partial charge in [-0.15, -0.1) is 0 Å². The van der Waals surface area contributed by atoms with Gasteiger partial charge in [0.1, 0.15) is 5.75 Å². The van der Waals surface area contributed by atoms with Gasteiger partial charge in [0.15, 0.2) is 6.29 Å². The van der Waals surface area contributed by atoms with E-state index in [4.69, 9.17) is 14.2 Å². The summed E-state index contributed by atoms with van der Waals surface area (Å²) in [5.41, 5.74) is 1.21. The highest BCUT2D eigenvalue weighted by Crippen LogP contribution is 2.35. The highest BCUT2D eigenvalue weighted by molar-refractivity contribution is 5.52. The van der Waals surface area contributed by atoms with Crippen LogP contribution in [0.2, 0.25) is 0 Å². The van der Waals surface area contributed by atoms with Crippen LogP contribution in [0.1, 0.15) is 6.92 Å². The topological polar surface area (TPSA) is 30.9 Å². The average Bonchev–Trinajstić information content (AvgIpc) is 2.89. The van der Waals surface area contributed by atoms with Crippen LogP contribution >= 0.6 is 0 Å². The molecule has 2 saturated heterocycles. The van der Waals surface area contributed by atoms with Gasteiger partial charge < -0.3 is 19.1 Å². The zero-order valence-electron chi connectivity index (χ0n) is 10.8. The first kappa shape index (κ1) is 11.8. The largest absolute Gasteiger partial charge is 0.497 e. The first-order chi connectivity index (χ1) is 8.79. The summed E-state index contributed by atoms with van der Waals surface area (Å²) in [5.74, 6) is 1.49. The highest BCUT2D eigenvalue weighted by Gasteiger charge is 2.44. The zero-order chi connectivity index (χ0) is 12.5. The molecule has 2 heterocycles. The van der Waals surface area contributed by atoms with E-state index < -0.39 is 0 Å². The number of ether oxygens (including phenoxy) is 3. The third-order valence-electron chi connectivity index (χ3n) is 3.76. The Morgan fingerprint density at radius 3 is 2.39 bits per heavy atom. The van der Waals surface area contributed by atoms with Crippen LogP contribution in [-0.4, -0.2) is 39.2 Å². The molecule has 4 nitrogen and oxygen atoms in total. The number of rotatable bonds is 3. The van der Waals surface area contributed by atoms with Crippen molar-refractivity contribution in [1.82, 2.24) is 0 Å². The number of anilines is 1. The Bertz CT molecular complexity index is 400. The van der Waals surface area contributed by atoms with Gasteiger partial charge in [0.25, 0.3) is 0 Å². The molecule has 0 bridgehead atoms. The molecule has 1 aromatic rings. The van der Waals surface area contributed by atoms with Crippen LogP contribution in [0.15, 0.2) is 24.3 Å². The van der Waals surface area contributed by atoms with Crippen LogP contribution in [0.25, 0.3) is 0 Å². The lowest BCUT2D eigenvalue weighted by Gasteiger charge is -2.50. The van der Waals surface area contributed by atoms with E-state index in [1.54, 1.807) is 7.11 Å². The maximum Gasteiger partial charge on any atom is 0.178 e. The molecule has 0 unspecified atom stereocenters. The second-order valence-corrected chi connectivity index (χ2v) is 4.93. The predicted molar refractivity (Wildman–Crippen MR) is 69.0 cm³/mol. The van der Waals surface area contributed by atoms with Gasteiger partial charge in [-0.05, 0) is 30.2 Å². The van der Waals surface area contributed by atoms with Gasteiger partial charge in [-0.3, -0.25) is 0 Å². The van der Waals surface area contributed by atoms with E-state index in [9.17, 15) is 0 Å². The Hall–Kier alpha value is -1.26. The van der Waals surface area contributed by atoms with Crippen LogP contribution < -0.4 is 9.64 Å². The van der Waals surface area contributed by atoms with E-state index in [1.807, 2.05) is 12.1 Å². The minimum atomic E-state index is -0.0733. The smallest absolute Gasteiger partial charge is 0.178 e. The molecule has 2 aliphatic heterocycles. The Morgan fingerprint density at radius 2 is 1.83 bits per heavy atom. The minimum Gasteiger partial charge on any atom is -0.497 e. The second-order valence-electron chi connectivity index (χ2n) is 4.93. The van der Waals surface area contributed by atoms with E-state index in [2.05, 4.69) is 24.0 Å². The molecule has 18 heavy (non-hydrogen) atoms. The van der Waals surface area contributed by atoms with Crippen LogP contribution in [0, 0.1) is 5.92 Å². The van der Waals surface area contributed by atoms with Crippen molar-refractivity contribution in [3.8, 4) is 5.75 Å². The molecule has 1 aromatic carbocycles. The number of methoxy groups -OCH3 is 1. The van der Waals surface area contributed by atoms with Crippen molar-refractivity contribution in [2.75, 3.05) is 31.8 Å². The molecule has 2 fully saturated rings. The second kappa shape index (κ2) is 4.78. The summed E-state index contributed by atoms with van der Waals surface area (Å²) in [7, 11) is 1.68. The van der Waals surface area contributed by atoms with E-state index in [1.165, 1.54) is 5.69 Å². The summed E-state index contributed by atoms with van der Waals surface area (Å²) < 4.78 is 16.5. The molecule has 0 amide bonds. The fourth-order valence-electron chi connectivity index (χ4n) is 2.75. The van der Waals surface area contributed by atoms with Crippen molar-refractivity contribution in [3.05, 3.63) is 24.3 Å². The number of benzene rings is 1. The van der Waals surface area contributed by atoms with Crippen molar-refractivity contribution in [3.63, 3.8) is 0 Å². The molecule has 0 spiro atoms. The van der Waals surface area contributed by atoms with Gasteiger partial charge in [-0.1, -0.05) is 6.92 Å². The fraction of sp³-hybridized carbons (Fsp3) is 0.571. The Labute approximate surface area is 107 Å². The normalized spacial score (nSPS) is 28.2. The molecule has 2 atom stereocenters. The quantitative estimate of drug-likeness (QED) is 0.818. The first-order valence-corrected chi connectivity index (χ1v) is 6.43. The number of hydrogen-bond acceptors (Lipinski definition) is 4. The third-order valence-corrected chi connectivity index (χ3v) is 3.76. The summed E-state index contributed by atoms with van der Waals surface area (Å²) in [6, 6.07) is 8.50. The van der Waals surface area contributed by atoms with Crippen LogP contribution in [0.3, 0.4) is 0 Å². The van der Waals surface area contributed by atoms with Gasteiger partial charge in [0, 0.05) is 12.2 Å². The Morgan fingerprint density at radius 1 is 1.17 bits per heavy atom. The third kappa shape index (κ3) is 1.95. The summed E-state index contributed by atoms with van der Waals surface area (Å²) in [4.78, 5) is 2.35. The SMILES string of the molecule is COc1ccc(N2C[C@@H](C)[C@H]2C2OCCO2)cc1. The summed E-state index contributed by atoms with van der Waals surface area (Å²) in [6.07, 6.45) is -0.0733. The lowest BCUT2D eigenvalue weighted by Crippen LogP contribution is -2.61. The lowest BCUT2D eigenvalue weighted by atomic mass is 9.89. The number of nitrogens with zero attached hydrogens (tertiary/aromatic N) is 1. The maximum atomic E-state index is 5.64. The standard InChI is InChI=1S/C14H19NO3/c1-10-9-15(13(10)14-17-7-8-18-14)11-3-5-12(16-2)6-4-11/h3-6,10,13-14H,7-9H2,1-2H3/t10-,13+/m1/s1. The zero-order valence-corrected chi connectivity index (χ0v) is 10.8. The summed E-state index contributed by atoms with van der Waals surface area (Å²) >= 11 is 0. The summed E-state index contributed by atoms with van der Waals surface area (Å²) in [5, 5.41) is 0.